The normalized spacial score (nSPS) is 15.6. The highest BCUT2D eigenvalue weighted by molar-refractivity contribution is 6.32. The molecule has 25 heavy (non-hydrogen) atoms. The molecule has 0 saturated carbocycles. The van der Waals surface area contributed by atoms with Crippen LogP contribution in [-0.4, -0.2) is 53.4 Å². The molecule has 0 N–H and O–H groups in total. The molecule has 3 rings (SSSR count). The Labute approximate surface area is 153 Å². The minimum Gasteiger partial charge on any atom is -0.337 e. The van der Waals surface area contributed by atoms with Crippen LogP contribution in [0.25, 0.3) is 6.08 Å². The first-order valence-electron chi connectivity index (χ1n) is 8.56. The van der Waals surface area contributed by atoms with E-state index in [1.165, 1.54) is 0 Å². The van der Waals surface area contributed by atoms with Gasteiger partial charge in [-0.3, -0.25) is 14.7 Å². The summed E-state index contributed by atoms with van der Waals surface area (Å²) < 4.78 is 0. The van der Waals surface area contributed by atoms with E-state index >= 15 is 0 Å². The van der Waals surface area contributed by atoms with Gasteiger partial charge in [-0.25, -0.2) is 0 Å². The van der Waals surface area contributed by atoms with Crippen molar-refractivity contribution in [3.05, 3.63) is 71.0 Å². The van der Waals surface area contributed by atoms with Crippen molar-refractivity contribution in [3.8, 4) is 0 Å². The maximum absolute atomic E-state index is 12.3. The molecule has 0 bridgehead atoms. The minimum atomic E-state index is 0.0456. The van der Waals surface area contributed by atoms with Crippen LogP contribution in [-0.2, 0) is 11.2 Å². The van der Waals surface area contributed by atoms with Crippen molar-refractivity contribution in [2.24, 2.45) is 0 Å². The molecule has 5 heteroatoms. The molecule has 0 aliphatic carbocycles. The van der Waals surface area contributed by atoms with Crippen molar-refractivity contribution in [1.29, 1.82) is 0 Å². The Morgan fingerprint density at radius 1 is 1.08 bits per heavy atom. The Hall–Kier alpha value is -2.17. The van der Waals surface area contributed by atoms with E-state index < -0.39 is 0 Å². The molecule has 1 aromatic carbocycles. The average molecular weight is 356 g/mol. The van der Waals surface area contributed by atoms with Gasteiger partial charge in [0.1, 0.15) is 0 Å². The highest BCUT2D eigenvalue weighted by atomic mass is 35.5. The Bertz CT molecular complexity index is 725. The maximum atomic E-state index is 12.3. The topological polar surface area (TPSA) is 36.4 Å². The molecule has 0 atom stereocenters. The van der Waals surface area contributed by atoms with E-state index in [0.29, 0.717) is 5.02 Å². The number of carbonyl (C=O) groups is 1. The molecule has 1 aliphatic heterocycles. The smallest absolute Gasteiger partial charge is 0.246 e. The molecular weight excluding hydrogens is 334 g/mol. The summed E-state index contributed by atoms with van der Waals surface area (Å²) in [5.74, 6) is 0.0456. The van der Waals surface area contributed by atoms with Crippen LogP contribution in [0.1, 0.15) is 11.3 Å². The molecule has 2 heterocycles. The van der Waals surface area contributed by atoms with E-state index in [1.54, 1.807) is 12.2 Å². The van der Waals surface area contributed by atoms with Crippen molar-refractivity contribution >= 4 is 23.6 Å². The number of benzene rings is 1. The highest BCUT2D eigenvalue weighted by Crippen LogP contribution is 2.16. The fourth-order valence-corrected chi connectivity index (χ4v) is 3.09. The molecule has 0 spiro atoms. The first kappa shape index (κ1) is 17.6. The van der Waals surface area contributed by atoms with Crippen LogP contribution in [0.2, 0.25) is 5.02 Å². The number of pyridine rings is 1. The number of hydrogen-bond donors (Lipinski definition) is 0. The predicted molar refractivity (Wildman–Crippen MR) is 101 cm³/mol. The summed E-state index contributed by atoms with van der Waals surface area (Å²) in [6.45, 7) is 4.30. The number of halogens is 1. The van der Waals surface area contributed by atoms with Crippen molar-refractivity contribution in [3.63, 3.8) is 0 Å². The zero-order valence-corrected chi connectivity index (χ0v) is 14.9. The Morgan fingerprint density at radius 2 is 1.84 bits per heavy atom. The second-order valence-electron chi connectivity index (χ2n) is 6.09. The SMILES string of the molecule is O=C(/C=C/c1ccccc1Cl)N1CCN(CCc2ccccn2)CC1. The molecule has 4 nitrogen and oxygen atoms in total. The van der Waals surface area contributed by atoms with Gasteiger partial charge in [-0.05, 0) is 29.8 Å². The van der Waals surface area contributed by atoms with E-state index in [0.717, 1.165) is 50.4 Å². The third-order valence-electron chi connectivity index (χ3n) is 4.40. The number of aromatic nitrogens is 1. The molecule has 1 amide bonds. The molecule has 1 fully saturated rings. The minimum absolute atomic E-state index is 0.0456. The van der Waals surface area contributed by atoms with Crippen LogP contribution in [0.4, 0.5) is 0 Å². The van der Waals surface area contributed by atoms with Crippen molar-refractivity contribution < 1.29 is 4.79 Å². The zero-order chi connectivity index (χ0) is 17.5. The highest BCUT2D eigenvalue weighted by Gasteiger charge is 2.19. The van der Waals surface area contributed by atoms with Gasteiger partial charge in [0, 0.05) is 62.1 Å². The van der Waals surface area contributed by atoms with Gasteiger partial charge in [-0.1, -0.05) is 35.9 Å². The molecule has 1 aromatic heterocycles. The fourth-order valence-electron chi connectivity index (χ4n) is 2.89. The molecular formula is C20H22ClN3O. The van der Waals surface area contributed by atoms with Gasteiger partial charge >= 0.3 is 0 Å². The monoisotopic (exact) mass is 355 g/mol. The van der Waals surface area contributed by atoms with E-state index in [1.807, 2.05) is 47.5 Å². The summed E-state index contributed by atoms with van der Waals surface area (Å²) in [6, 6.07) is 13.5. The molecule has 0 radical (unpaired) electrons. The van der Waals surface area contributed by atoms with Gasteiger partial charge in [0.05, 0.1) is 0 Å². The third-order valence-corrected chi connectivity index (χ3v) is 4.75. The van der Waals surface area contributed by atoms with E-state index in [9.17, 15) is 4.79 Å². The maximum Gasteiger partial charge on any atom is 0.246 e. The fraction of sp³-hybridized carbons (Fsp3) is 0.300. The average Bonchev–Trinajstić information content (AvgIpc) is 2.67. The number of carbonyl (C=O) groups excluding carboxylic acids is 1. The van der Waals surface area contributed by atoms with Gasteiger partial charge in [0.15, 0.2) is 0 Å². The van der Waals surface area contributed by atoms with Crippen molar-refractivity contribution in [2.75, 3.05) is 32.7 Å². The number of rotatable bonds is 5. The van der Waals surface area contributed by atoms with Crippen molar-refractivity contribution in [2.45, 2.75) is 6.42 Å². The summed E-state index contributed by atoms with van der Waals surface area (Å²) in [4.78, 5) is 21.0. The van der Waals surface area contributed by atoms with Crippen LogP contribution in [0.3, 0.4) is 0 Å². The van der Waals surface area contributed by atoms with Crippen LogP contribution >= 0.6 is 11.6 Å². The number of nitrogens with zero attached hydrogens (tertiary/aromatic N) is 3. The largest absolute Gasteiger partial charge is 0.337 e. The standard InChI is InChI=1S/C20H22ClN3O/c21-19-7-2-1-5-17(19)8-9-20(25)24-15-13-23(14-16-24)12-10-18-6-3-4-11-22-18/h1-9,11H,10,12-16H2/b9-8+. The lowest BCUT2D eigenvalue weighted by molar-refractivity contribution is -0.127. The van der Waals surface area contributed by atoms with Crippen molar-refractivity contribution in [1.82, 2.24) is 14.8 Å². The Morgan fingerprint density at radius 3 is 2.56 bits per heavy atom. The second-order valence-corrected chi connectivity index (χ2v) is 6.50. The van der Waals surface area contributed by atoms with Gasteiger partial charge in [-0.2, -0.15) is 0 Å². The van der Waals surface area contributed by atoms with Crippen LogP contribution < -0.4 is 0 Å². The number of piperazine rings is 1. The lowest BCUT2D eigenvalue weighted by Crippen LogP contribution is -2.48. The molecule has 2 aromatic rings. The first-order chi connectivity index (χ1) is 12.2. The summed E-state index contributed by atoms with van der Waals surface area (Å²) >= 11 is 6.11. The predicted octanol–water partition coefficient (Wildman–Crippen LogP) is 3.14. The van der Waals surface area contributed by atoms with Gasteiger partial charge in [0.25, 0.3) is 0 Å². The van der Waals surface area contributed by atoms with E-state index in [4.69, 9.17) is 11.6 Å². The molecule has 130 valence electrons. The summed E-state index contributed by atoms with van der Waals surface area (Å²) in [5.41, 5.74) is 1.98. The van der Waals surface area contributed by atoms with Crippen LogP contribution in [0.15, 0.2) is 54.7 Å². The van der Waals surface area contributed by atoms with Gasteiger partial charge in [-0.15, -0.1) is 0 Å². The summed E-state index contributed by atoms with van der Waals surface area (Å²) in [6.07, 6.45) is 6.18. The summed E-state index contributed by atoms with van der Waals surface area (Å²) in [5, 5.41) is 0.658. The molecule has 1 saturated heterocycles. The van der Waals surface area contributed by atoms with E-state index in [-0.39, 0.29) is 5.91 Å². The Balaban J connectivity index is 1.45. The van der Waals surface area contributed by atoms with E-state index in [2.05, 4.69) is 16.0 Å². The number of hydrogen-bond acceptors (Lipinski definition) is 3. The van der Waals surface area contributed by atoms with Crippen LogP contribution in [0, 0.1) is 0 Å². The number of amides is 1. The Kier molecular flexibility index (Phi) is 6.20. The molecule has 1 aliphatic rings. The second kappa shape index (κ2) is 8.79. The lowest BCUT2D eigenvalue weighted by Gasteiger charge is -2.34. The lowest BCUT2D eigenvalue weighted by atomic mass is 10.2. The third kappa shape index (κ3) is 5.15. The molecule has 0 unspecified atom stereocenters. The quantitative estimate of drug-likeness (QED) is 0.773. The summed E-state index contributed by atoms with van der Waals surface area (Å²) in [7, 11) is 0. The van der Waals surface area contributed by atoms with Gasteiger partial charge in [0.2, 0.25) is 5.91 Å². The van der Waals surface area contributed by atoms with Crippen LogP contribution in [0.5, 0.6) is 0 Å². The van der Waals surface area contributed by atoms with Gasteiger partial charge < -0.3 is 4.90 Å². The first-order valence-corrected chi connectivity index (χ1v) is 8.94. The zero-order valence-electron chi connectivity index (χ0n) is 14.1.